The Bertz CT molecular complexity index is 850. The number of halogens is 2. The molecule has 6 heteroatoms. The predicted octanol–water partition coefficient (Wildman–Crippen LogP) is 4.16. The molecule has 0 bridgehead atoms. The van der Waals surface area contributed by atoms with Crippen LogP contribution in [0.2, 0.25) is 0 Å². The highest BCUT2D eigenvalue weighted by atomic mass is 79.9. The summed E-state index contributed by atoms with van der Waals surface area (Å²) in [5, 5.41) is 3.24. The van der Waals surface area contributed by atoms with Crippen molar-refractivity contribution in [3.8, 4) is 0 Å². The number of nitrogens with zero attached hydrogens (tertiary/aromatic N) is 1. The summed E-state index contributed by atoms with van der Waals surface area (Å²) in [4.78, 5) is 14.1. The van der Waals surface area contributed by atoms with Gasteiger partial charge in [-0.3, -0.25) is 9.69 Å². The van der Waals surface area contributed by atoms with E-state index in [0.717, 1.165) is 11.3 Å². The minimum absolute atomic E-state index is 0.235. The molecule has 0 radical (unpaired) electrons. The minimum Gasteiger partial charge on any atom is -0.327 e. The number of hydrogen-bond donors (Lipinski definition) is 1. The van der Waals surface area contributed by atoms with E-state index in [1.807, 2.05) is 31.2 Å². The van der Waals surface area contributed by atoms with Crippen LogP contribution in [0.3, 0.4) is 0 Å². The van der Waals surface area contributed by atoms with Crippen molar-refractivity contribution in [1.29, 1.82) is 0 Å². The highest BCUT2D eigenvalue weighted by Gasteiger charge is 2.31. The van der Waals surface area contributed by atoms with Gasteiger partial charge >= 0.3 is 0 Å². The summed E-state index contributed by atoms with van der Waals surface area (Å²) in [5.74, 6) is -0.587. The van der Waals surface area contributed by atoms with E-state index in [1.54, 1.807) is 18.2 Å². The molecule has 1 N–H and O–H groups in total. The normalized spacial score (nSPS) is 16.1. The summed E-state index contributed by atoms with van der Waals surface area (Å²) in [6, 6.07) is 12.1. The van der Waals surface area contributed by atoms with E-state index in [9.17, 15) is 9.18 Å². The van der Waals surface area contributed by atoms with Crippen LogP contribution in [0.1, 0.15) is 11.1 Å². The molecule has 1 fully saturated rings. The van der Waals surface area contributed by atoms with Crippen LogP contribution in [0.4, 0.5) is 10.1 Å². The highest BCUT2D eigenvalue weighted by Crippen LogP contribution is 2.24. The molecule has 1 heterocycles. The van der Waals surface area contributed by atoms with Crippen molar-refractivity contribution in [3.63, 3.8) is 0 Å². The summed E-state index contributed by atoms with van der Waals surface area (Å²) in [5.41, 5.74) is 2.81. The molecule has 0 aliphatic carbocycles. The maximum Gasteiger partial charge on any atom is 0.281 e. The van der Waals surface area contributed by atoms with E-state index in [0.29, 0.717) is 20.8 Å². The summed E-state index contributed by atoms with van der Waals surface area (Å²) in [6.07, 6.45) is 1.65. The van der Waals surface area contributed by atoms with Gasteiger partial charge in [-0.1, -0.05) is 18.2 Å². The molecule has 1 saturated heterocycles. The summed E-state index contributed by atoms with van der Waals surface area (Å²) in [7, 11) is 0. The molecule has 1 amide bonds. The lowest BCUT2D eigenvalue weighted by Crippen LogP contribution is -2.30. The molecule has 1 aliphatic heterocycles. The topological polar surface area (TPSA) is 32.3 Å². The van der Waals surface area contributed by atoms with Crippen molar-refractivity contribution >= 4 is 50.9 Å². The van der Waals surface area contributed by atoms with Crippen molar-refractivity contribution in [3.05, 3.63) is 69.6 Å². The van der Waals surface area contributed by atoms with Crippen molar-refractivity contribution in [2.45, 2.75) is 6.92 Å². The maximum absolute atomic E-state index is 13.3. The zero-order chi connectivity index (χ0) is 16.6. The van der Waals surface area contributed by atoms with Crippen molar-refractivity contribution in [2.24, 2.45) is 0 Å². The first-order valence-electron chi connectivity index (χ1n) is 6.84. The van der Waals surface area contributed by atoms with E-state index >= 15 is 0 Å². The fraction of sp³-hybridized carbons (Fsp3) is 0.0588. The molecule has 23 heavy (non-hydrogen) atoms. The molecule has 3 nitrogen and oxygen atoms in total. The molecule has 116 valence electrons. The molecule has 1 aliphatic rings. The maximum atomic E-state index is 13.3. The Morgan fingerprint density at radius 3 is 2.74 bits per heavy atom. The van der Waals surface area contributed by atoms with Crippen molar-refractivity contribution < 1.29 is 9.18 Å². The number of aryl methyl sites for hydroxylation is 1. The third-order valence-corrected chi connectivity index (χ3v) is 4.29. The lowest BCUT2D eigenvalue weighted by molar-refractivity contribution is -0.113. The Hall–Kier alpha value is -2.05. The third kappa shape index (κ3) is 3.18. The molecule has 3 rings (SSSR count). The minimum atomic E-state index is -0.352. The zero-order valence-electron chi connectivity index (χ0n) is 12.1. The van der Waals surface area contributed by atoms with E-state index in [-0.39, 0.29) is 11.7 Å². The van der Waals surface area contributed by atoms with E-state index in [4.69, 9.17) is 12.2 Å². The number of anilines is 1. The lowest BCUT2D eigenvalue weighted by atomic mass is 10.2. The Morgan fingerprint density at radius 1 is 1.26 bits per heavy atom. The summed E-state index contributed by atoms with van der Waals surface area (Å²) < 4.78 is 13.6. The van der Waals surface area contributed by atoms with Crippen LogP contribution in [0.25, 0.3) is 6.08 Å². The first-order valence-corrected chi connectivity index (χ1v) is 8.05. The number of nitrogens with one attached hydrogen (secondary N) is 1. The van der Waals surface area contributed by atoms with Gasteiger partial charge in [0.1, 0.15) is 11.5 Å². The van der Waals surface area contributed by atoms with Gasteiger partial charge in [-0.15, -0.1) is 0 Å². The predicted molar refractivity (Wildman–Crippen MR) is 96.5 cm³/mol. The SMILES string of the molecule is Cc1cccc(N2C(=O)/C(=C\c3ccc(F)c(Br)c3)NC2=S)c1. The Morgan fingerprint density at radius 2 is 2.04 bits per heavy atom. The molecular weight excluding hydrogens is 379 g/mol. The fourth-order valence-electron chi connectivity index (χ4n) is 2.31. The van der Waals surface area contributed by atoms with Crippen LogP contribution in [-0.2, 0) is 4.79 Å². The number of rotatable bonds is 2. The van der Waals surface area contributed by atoms with Gasteiger partial charge in [-0.2, -0.15) is 0 Å². The molecule has 0 saturated carbocycles. The van der Waals surface area contributed by atoms with Crippen LogP contribution in [0.15, 0.2) is 52.6 Å². The number of carbonyl (C=O) groups is 1. The Balaban J connectivity index is 1.94. The molecule has 0 unspecified atom stereocenters. The first kappa shape index (κ1) is 15.8. The first-order chi connectivity index (χ1) is 11.0. The van der Waals surface area contributed by atoms with Gasteiger partial charge in [0.15, 0.2) is 5.11 Å². The van der Waals surface area contributed by atoms with Gasteiger partial charge in [-0.25, -0.2) is 4.39 Å². The van der Waals surface area contributed by atoms with Gasteiger partial charge in [0.05, 0.1) is 10.2 Å². The second-order valence-corrected chi connectivity index (χ2v) is 6.38. The molecule has 0 atom stereocenters. The second kappa shape index (κ2) is 6.22. The Kier molecular flexibility index (Phi) is 4.28. The highest BCUT2D eigenvalue weighted by molar-refractivity contribution is 9.10. The number of thiocarbonyl (C=S) groups is 1. The van der Waals surface area contributed by atoms with Gasteiger partial charge in [0.2, 0.25) is 0 Å². The lowest BCUT2D eigenvalue weighted by Gasteiger charge is -2.14. The van der Waals surface area contributed by atoms with Gasteiger partial charge in [0, 0.05) is 0 Å². The van der Waals surface area contributed by atoms with E-state index in [1.165, 1.54) is 11.0 Å². The average Bonchev–Trinajstić information content (AvgIpc) is 2.77. The monoisotopic (exact) mass is 390 g/mol. The quantitative estimate of drug-likeness (QED) is 0.617. The molecule has 0 spiro atoms. The molecular formula is C17H12BrFN2OS. The molecule has 2 aromatic rings. The van der Waals surface area contributed by atoms with Gasteiger partial charge in [-0.05, 0) is 76.5 Å². The smallest absolute Gasteiger partial charge is 0.281 e. The van der Waals surface area contributed by atoms with Crippen molar-refractivity contribution in [1.82, 2.24) is 5.32 Å². The van der Waals surface area contributed by atoms with Crippen LogP contribution in [-0.4, -0.2) is 11.0 Å². The van der Waals surface area contributed by atoms with Gasteiger partial charge < -0.3 is 5.32 Å². The van der Waals surface area contributed by atoms with Crippen LogP contribution in [0, 0.1) is 12.7 Å². The number of carbonyl (C=O) groups excluding carboxylic acids is 1. The molecule has 0 aromatic heterocycles. The third-order valence-electron chi connectivity index (χ3n) is 3.39. The average molecular weight is 391 g/mol. The van der Waals surface area contributed by atoms with E-state index < -0.39 is 0 Å². The van der Waals surface area contributed by atoms with Gasteiger partial charge in [0.25, 0.3) is 5.91 Å². The van der Waals surface area contributed by atoms with Crippen LogP contribution >= 0.6 is 28.1 Å². The second-order valence-electron chi connectivity index (χ2n) is 5.14. The number of benzene rings is 2. The summed E-state index contributed by atoms with van der Waals surface area (Å²) in [6.45, 7) is 1.95. The van der Waals surface area contributed by atoms with Crippen LogP contribution < -0.4 is 10.2 Å². The van der Waals surface area contributed by atoms with Crippen molar-refractivity contribution in [2.75, 3.05) is 4.90 Å². The fourth-order valence-corrected chi connectivity index (χ4v) is 3.00. The van der Waals surface area contributed by atoms with Crippen LogP contribution in [0.5, 0.6) is 0 Å². The molecule has 2 aromatic carbocycles. The number of hydrogen-bond acceptors (Lipinski definition) is 2. The zero-order valence-corrected chi connectivity index (χ0v) is 14.5. The van der Waals surface area contributed by atoms with E-state index in [2.05, 4.69) is 21.2 Å². The summed E-state index contributed by atoms with van der Waals surface area (Å²) >= 11 is 8.40. The largest absolute Gasteiger partial charge is 0.327 e. The number of amides is 1. The Labute approximate surface area is 146 Å². The standard InChI is InChI=1S/C17H12BrFN2OS/c1-10-3-2-4-12(7-10)21-16(22)15(20-17(21)23)9-11-5-6-14(19)13(18)8-11/h2-9H,1H3,(H,20,23)/b15-9+.